The maximum absolute atomic E-state index is 5.74. The zero-order valence-electron chi connectivity index (χ0n) is 10.8. The Labute approximate surface area is 113 Å². The maximum Gasteiger partial charge on any atom is 0.243 e. The maximum atomic E-state index is 5.74. The summed E-state index contributed by atoms with van der Waals surface area (Å²) in [4.78, 5) is 20.6. The second-order valence-electron chi connectivity index (χ2n) is 3.80. The number of anilines is 1. The van der Waals surface area contributed by atoms with Gasteiger partial charge in [0.15, 0.2) is 17.0 Å². The molecule has 2 N–H and O–H groups in total. The van der Waals surface area contributed by atoms with Gasteiger partial charge in [0.1, 0.15) is 12.7 Å². The summed E-state index contributed by atoms with van der Waals surface area (Å²) in [6.45, 7) is 0. The van der Waals surface area contributed by atoms with E-state index in [0.717, 1.165) is 0 Å². The lowest BCUT2D eigenvalue weighted by Gasteiger charge is -2.06. The molecule has 3 rings (SSSR count). The van der Waals surface area contributed by atoms with Crippen molar-refractivity contribution in [3.05, 3.63) is 18.7 Å². The first-order valence-corrected chi connectivity index (χ1v) is 5.64. The average Bonchev–Trinajstić information content (AvgIpc) is 2.92. The highest BCUT2D eigenvalue weighted by Gasteiger charge is 2.13. The fourth-order valence-corrected chi connectivity index (χ4v) is 1.71. The van der Waals surface area contributed by atoms with Gasteiger partial charge in [0.05, 0.1) is 20.3 Å². The quantitative estimate of drug-likeness (QED) is 0.720. The molecule has 0 fully saturated rings. The summed E-state index contributed by atoms with van der Waals surface area (Å²) in [7, 11) is 3.02. The molecule has 0 saturated carbocycles. The topological polar surface area (TPSA) is 114 Å². The molecular weight excluding hydrogens is 262 g/mol. The van der Waals surface area contributed by atoms with E-state index >= 15 is 0 Å². The Morgan fingerprint density at radius 1 is 1.05 bits per heavy atom. The number of rotatable bonds is 3. The summed E-state index contributed by atoms with van der Waals surface area (Å²) < 4.78 is 11.8. The van der Waals surface area contributed by atoms with Gasteiger partial charge in [-0.15, -0.1) is 0 Å². The Bertz CT molecular complexity index is 748. The zero-order chi connectivity index (χ0) is 14.1. The molecule has 3 aromatic heterocycles. The van der Waals surface area contributed by atoms with E-state index in [1.165, 1.54) is 26.9 Å². The largest absolute Gasteiger partial charge is 0.481 e. The minimum absolute atomic E-state index is 0.295. The highest BCUT2D eigenvalue weighted by Crippen LogP contribution is 2.21. The molecule has 0 aliphatic carbocycles. The van der Waals surface area contributed by atoms with Crippen molar-refractivity contribution in [2.45, 2.75) is 0 Å². The molecular formula is C11H11N7O2. The first-order chi connectivity index (χ1) is 9.72. The van der Waals surface area contributed by atoms with Crippen molar-refractivity contribution in [3.63, 3.8) is 0 Å². The van der Waals surface area contributed by atoms with E-state index in [1.54, 1.807) is 10.6 Å². The van der Waals surface area contributed by atoms with Crippen molar-refractivity contribution in [2.24, 2.45) is 0 Å². The normalized spacial score (nSPS) is 10.7. The molecule has 0 spiro atoms. The summed E-state index contributed by atoms with van der Waals surface area (Å²) in [5.74, 6) is 1.36. The van der Waals surface area contributed by atoms with Crippen molar-refractivity contribution in [1.29, 1.82) is 0 Å². The van der Waals surface area contributed by atoms with Crippen LogP contribution in [0.2, 0.25) is 0 Å². The van der Waals surface area contributed by atoms with Crippen LogP contribution in [0.4, 0.5) is 5.82 Å². The van der Waals surface area contributed by atoms with Gasteiger partial charge in [-0.05, 0) is 0 Å². The molecule has 0 aliphatic heterocycles. The number of nitrogens with two attached hydrogens (primary N) is 1. The lowest BCUT2D eigenvalue weighted by Crippen LogP contribution is -2.04. The lowest BCUT2D eigenvalue weighted by molar-refractivity contribution is 0.370. The average molecular weight is 273 g/mol. The van der Waals surface area contributed by atoms with Crippen molar-refractivity contribution >= 4 is 17.0 Å². The molecule has 0 bridgehead atoms. The Hall–Kier alpha value is -2.97. The monoisotopic (exact) mass is 273 g/mol. The number of ether oxygens (including phenoxy) is 2. The van der Waals surface area contributed by atoms with Gasteiger partial charge in [-0.2, -0.15) is 9.97 Å². The van der Waals surface area contributed by atoms with Crippen LogP contribution in [0.15, 0.2) is 18.7 Å². The van der Waals surface area contributed by atoms with Crippen molar-refractivity contribution in [3.8, 4) is 17.7 Å². The van der Waals surface area contributed by atoms with Gasteiger partial charge < -0.3 is 15.2 Å². The van der Waals surface area contributed by atoms with Gasteiger partial charge in [-0.1, -0.05) is 0 Å². The van der Waals surface area contributed by atoms with Crippen LogP contribution < -0.4 is 15.2 Å². The summed E-state index contributed by atoms with van der Waals surface area (Å²) in [5.41, 5.74) is 6.73. The summed E-state index contributed by atoms with van der Waals surface area (Å²) in [5, 5.41) is 0. The predicted molar refractivity (Wildman–Crippen MR) is 69.8 cm³/mol. The van der Waals surface area contributed by atoms with Gasteiger partial charge in [-0.25, -0.2) is 15.0 Å². The van der Waals surface area contributed by atoms with Gasteiger partial charge in [-0.3, -0.25) is 4.57 Å². The first-order valence-electron chi connectivity index (χ1n) is 5.64. The molecule has 9 nitrogen and oxygen atoms in total. The van der Waals surface area contributed by atoms with Crippen LogP contribution in [0.1, 0.15) is 0 Å². The van der Waals surface area contributed by atoms with Crippen molar-refractivity contribution < 1.29 is 9.47 Å². The molecule has 0 aliphatic rings. The number of nitrogen functional groups attached to an aromatic ring is 1. The number of hydrogen-bond acceptors (Lipinski definition) is 8. The number of nitrogens with zero attached hydrogens (tertiary/aromatic N) is 6. The fraction of sp³-hybridized carbons (Fsp3) is 0.182. The Morgan fingerprint density at radius 2 is 1.75 bits per heavy atom. The summed E-state index contributed by atoms with van der Waals surface area (Å²) in [6, 6.07) is 1.58. The van der Waals surface area contributed by atoms with Crippen LogP contribution in [-0.4, -0.2) is 43.7 Å². The number of hydrogen-bond donors (Lipinski definition) is 1. The van der Waals surface area contributed by atoms with Crippen LogP contribution in [0.5, 0.6) is 11.8 Å². The van der Waals surface area contributed by atoms with Crippen LogP contribution in [0.25, 0.3) is 17.1 Å². The Kier molecular flexibility index (Phi) is 2.78. The third kappa shape index (κ3) is 1.85. The van der Waals surface area contributed by atoms with Crippen molar-refractivity contribution in [2.75, 3.05) is 20.0 Å². The van der Waals surface area contributed by atoms with E-state index in [0.29, 0.717) is 34.7 Å². The van der Waals surface area contributed by atoms with E-state index in [1.807, 2.05) is 0 Å². The molecule has 0 atom stereocenters. The standard InChI is InChI=1S/C11H11N7O2/c1-19-6-3-7(20-2)17-11(16-6)18-5-15-8-9(12)13-4-14-10(8)18/h3-5H,1-2H3,(H2,12,13,14). The molecule has 9 heteroatoms. The molecule has 20 heavy (non-hydrogen) atoms. The number of methoxy groups -OCH3 is 2. The number of fused-ring (bicyclic) bond motifs is 1. The SMILES string of the molecule is COc1cc(OC)nc(-n2cnc3c(N)ncnc32)n1. The van der Waals surface area contributed by atoms with E-state index in [2.05, 4.69) is 24.9 Å². The highest BCUT2D eigenvalue weighted by atomic mass is 16.5. The van der Waals surface area contributed by atoms with E-state index in [9.17, 15) is 0 Å². The molecule has 0 amide bonds. The minimum atomic E-state index is 0.295. The summed E-state index contributed by atoms with van der Waals surface area (Å²) >= 11 is 0. The van der Waals surface area contributed by atoms with E-state index in [-0.39, 0.29) is 0 Å². The molecule has 102 valence electrons. The molecule has 0 unspecified atom stereocenters. The van der Waals surface area contributed by atoms with E-state index < -0.39 is 0 Å². The second-order valence-corrected chi connectivity index (χ2v) is 3.80. The Balaban J connectivity index is 2.22. The van der Waals surface area contributed by atoms with E-state index in [4.69, 9.17) is 15.2 Å². The molecule has 3 aromatic rings. The molecule has 3 heterocycles. The lowest BCUT2D eigenvalue weighted by atomic mass is 10.5. The van der Waals surface area contributed by atoms with Crippen LogP contribution >= 0.6 is 0 Å². The van der Waals surface area contributed by atoms with Gasteiger partial charge in [0.2, 0.25) is 17.7 Å². The Morgan fingerprint density at radius 3 is 2.40 bits per heavy atom. The molecule has 0 radical (unpaired) electrons. The third-order valence-corrected chi connectivity index (χ3v) is 2.66. The van der Waals surface area contributed by atoms with Crippen LogP contribution in [0.3, 0.4) is 0 Å². The first kappa shape index (κ1) is 12.1. The number of imidazole rings is 1. The summed E-state index contributed by atoms with van der Waals surface area (Å²) in [6.07, 6.45) is 2.87. The zero-order valence-corrected chi connectivity index (χ0v) is 10.8. The number of aromatic nitrogens is 6. The minimum Gasteiger partial charge on any atom is -0.481 e. The molecule has 0 saturated heterocycles. The van der Waals surface area contributed by atoms with Crippen LogP contribution in [0, 0.1) is 0 Å². The van der Waals surface area contributed by atoms with Gasteiger partial charge >= 0.3 is 0 Å². The highest BCUT2D eigenvalue weighted by molar-refractivity contribution is 5.82. The predicted octanol–water partition coefficient (Wildman–Crippen LogP) is 0.205. The van der Waals surface area contributed by atoms with Crippen LogP contribution in [-0.2, 0) is 0 Å². The second kappa shape index (κ2) is 4.61. The smallest absolute Gasteiger partial charge is 0.243 e. The van der Waals surface area contributed by atoms with Gasteiger partial charge in [0, 0.05) is 0 Å². The van der Waals surface area contributed by atoms with Crippen molar-refractivity contribution in [1.82, 2.24) is 29.5 Å². The van der Waals surface area contributed by atoms with Gasteiger partial charge in [0.25, 0.3) is 0 Å². The fourth-order valence-electron chi connectivity index (χ4n) is 1.71. The third-order valence-electron chi connectivity index (χ3n) is 2.66. The molecule has 0 aromatic carbocycles.